The largest absolute Gasteiger partial charge is 0.369 e. The topological polar surface area (TPSA) is 68.0 Å². The number of aliphatic hydroxyl groups is 2. The van der Waals surface area contributed by atoms with Gasteiger partial charge in [-0.05, 0) is 48.6 Å². The highest BCUT2D eigenvalue weighted by atomic mass is 35.5. The lowest BCUT2D eigenvalue weighted by atomic mass is 9.81. The molecule has 7 nitrogen and oxygen atoms in total. The van der Waals surface area contributed by atoms with E-state index in [1.54, 1.807) is 0 Å². The molecule has 0 amide bonds. The van der Waals surface area contributed by atoms with E-state index in [0.29, 0.717) is 24.5 Å². The Kier molecular flexibility index (Phi) is 8.61. The molecule has 3 fully saturated rings. The van der Waals surface area contributed by atoms with E-state index in [1.165, 1.54) is 4.68 Å². The van der Waals surface area contributed by atoms with Crippen LogP contribution < -0.4 is 9.80 Å². The predicted molar refractivity (Wildman–Crippen MR) is 158 cm³/mol. The molecule has 1 atom stereocenters. The number of piperidine rings is 1. The summed E-state index contributed by atoms with van der Waals surface area (Å²) in [6.07, 6.45) is -2.43. The first-order chi connectivity index (χ1) is 20.6. The van der Waals surface area contributed by atoms with Crippen LogP contribution in [0.1, 0.15) is 55.7 Å². The van der Waals surface area contributed by atoms with Crippen molar-refractivity contribution >= 4 is 23.0 Å². The molecule has 2 saturated heterocycles. The van der Waals surface area contributed by atoms with Gasteiger partial charge >= 0.3 is 0 Å². The van der Waals surface area contributed by atoms with Crippen LogP contribution in [0, 0.1) is 5.92 Å². The third kappa shape index (κ3) is 6.50. The van der Waals surface area contributed by atoms with Gasteiger partial charge in [-0.3, -0.25) is 9.58 Å². The van der Waals surface area contributed by atoms with Crippen LogP contribution in [0.3, 0.4) is 0 Å². The summed E-state index contributed by atoms with van der Waals surface area (Å²) in [6, 6.07) is 13.7. The Bertz CT molecular complexity index is 1400. The second-order valence-electron chi connectivity index (χ2n) is 12.0. The fourth-order valence-corrected chi connectivity index (χ4v) is 6.97. The molecule has 1 saturated carbocycles. The second-order valence-corrected chi connectivity index (χ2v) is 12.4. The molecule has 3 heterocycles. The number of aromatic nitrogens is 2. The molecule has 0 spiro atoms. The monoisotopic (exact) mass is 621 g/mol. The summed E-state index contributed by atoms with van der Waals surface area (Å²) < 4.78 is 55.5. The number of rotatable bonds is 8. The summed E-state index contributed by atoms with van der Waals surface area (Å²) in [5, 5.41) is 23.8. The average Bonchev–Trinajstić information content (AvgIpc) is 3.43. The fraction of sp³-hybridized carbons (Fsp3) is 0.516. The van der Waals surface area contributed by atoms with Gasteiger partial charge < -0.3 is 20.0 Å². The van der Waals surface area contributed by atoms with Gasteiger partial charge in [-0.1, -0.05) is 29.8 Å². The van der Waals surface area contributed by atoms with Gasteiger partial charge in [0.05, 0.1) is 17.8 Å². The van der Waals surface area contributed by atoms with Gasteiger partial charge in [0, 0.05) is 80.6 Å². The van der Waals surface area contributed by atoms with Gasteiger partial charge in [0.2, 0.25) is 5.92 Å². The maximum absolute atomic E-state index is 13.9. The fourth-order valence-electron chi connectivity index (χ4n) is 6.80. The van der Waals surface area contributed by atoms with Crippen LogP contribution in [0.25, 0.3) is 11.1 Å². The summed E-state index contributed by atoms with van der Waals surface area (Å²) in [4.78, 5) is 6.74. The summed E-state index contributed by atoms with van der Waals surface area (Å²) in [6.45, 7) is 5.25. The van der Waals surface area contributed by atoms with Gasteiger partial charge in [0.25, 0.3) is 6.43 Å². The van der Waals surface area contributed by atoms with Crippen molar-refractivity contribution in [3.63, 3.8) is 0 Å². The zero-order valence-electron chi connectivity index (χ0n) is 23.7. The number of aliphatic hydroxyl groups excluding tert-OH is 1. The van der Waals surface area contributed by atoms with Gasteiger partial charge in [-0.15, -0.1) is 0 Å². The Hall–Kier alpha value is -2.86. The summed E-state index contributed by atoms with van der Waals surface area (Å²) in [7, 11) is 0. The minimum atomic E-state index is -2.89. The summed E-state index contributed by atoms with van der Waals surface area (Å²) in [5.41, 5.74) is 3.23. The van der Waals surface area contributed by atoms with Crippen molar-refractivity contribution in [2.24, 2.45) is 5.92 Å². The molecule has 0 radical (unpaired) electrons. The van der Waals surface area contributed by atoms with Crippen molar-refractivity contribution in [2.45, 2.75) is 50.4 Å². The molecule has 43 heavy (non-hydrogen) atoms. The van der Waals surface area contributed by atoms with Crippen LogP contribution in [-0.2, 0) is 0 Å². The minimum absolute atomic E-state index is 0.00815. The van der Waals surface area contributed by atoms with E-state index < -0.39 is 24.3 Å². The lowest BCUT2D eigenvalue weighted by Crippen LogP contribution is -2.50. The van der Waals surface area contributed by atoms with Crippen molar-refractivity contribution in [3.05, 3.63) is 64.9 Å². The molecular weight excluding hydrogens is 586 g/mol. The highest BCUT2D eigenvalue weighted by Crippen LogP contribution is 2.43. The molecule has 0 bridgehead atoms. The predicted octanol–water partition coefficient (Wildman–Crippen LogP) is 6.13. The number of hydrogen-bond acceptors (Lipinski definition) is 6. The first kappa shape index (κ1) is 30.2. The lowest BCUT2D eigenvalue weighted by Gasteiger charge is -2.41. The molecule has 3 aliphatic rings. The van der Waals surface area contributed by atoms with Gasteiger partial charge in [-0.25, -0.2) is 17.6 Å². The molecule has 2 N–H and O–H groups in total. The lowest BCUT2D eigenvalue weighted by molar-refractivity contribution is -0.116. The molecule has 1 aromatic heterocycles. The van der Waals surface area contributed by atoms with Crippen LogP contribution in [0.4, 0.5) is 28.9 Å². The Labute approximate surface area is 253 Å². The number of piperazine rings is 1. The third-order valence-corrected chi connectivity index (χ3v) is 9.23. The van der Waals surface area contributed by atoms with E-state index in [2.05, 4.69) is 44.1 Å². The van der Waals surface area contributed by atoms with E-state index in [0.717, 1.165) is 67.8 Å². The zero-order valence-corrected chi connectivity index (χ0v) is 24.5. The summed E-state index contributed by atoms with van der Waals surface area (Å²) in [5.74, 6) is -2.37. The number of benzene rings is 2. The first-order valence-corrected chi connectivity index (χ1v) is 15.2. The van der Waals surface area contributed by atoms with E-state index in [9.17, 15) is 27.8 Å². The Morgan fingerprint density at radius 3 is 2.33 bits per heavy atom. The SMILES string of the molecule is OC(O)c1cnn(C2CCCN(c3cc(Cl)ccc3-c3ccc(N4CCN(CC5CC(F)(F)C5)CC4)cc3)C2)c1C(F)F. The highest BCUT2D eigenvalue weighted by molar-refractivity contribution is 6.31. The number of nitrogens with zero attached hydrogens (tertiary/aromatic N) is 5. The number of halogens is 5. The number of anilines is 2. The molecular formula is C31H36ClF4N5O2. The Morgan fingerprint density at radius 2 is 1.67 bits per heavy atom. The van der Waals surface area contributed by atoms with Crippen molar-refractivity contribution < 1.29 is 27.8 Å². The maximum atomic E-state index is 13.9. The van der Waals surface area contributed by atoms with Crippen LogP contribution in [0.5, 0.6) is 0 Å². The van der Waals surface area contributed by atoms with Gasteiger partial charge in [0.1, 0.15) is 5.69 Å². The minimum Gasteiger partial charge on any atom is -0.369 e. The summed E-state index contributed by atoms with van der Waals surface area (Å²) >= 11 is 6.43. The molecule has 232 valence electrons. The molecule has 2 aromatic carbocycles. The number of alkyl halides is 4. The van der Waals surface area contributed by atoms with Crippen LogP contribution in [0.15, 0.2) is 48.7 Å². The molecule has 2 aliphatic heterocycles. The van der Waals surface area contributed by atoms with E-state index in [4.69, 9.17) is 11.6 Å². The van der Waals surface area contributed by atoms with Gasteiger partial charge in [0.15, 0.2) is 6.29 Å². The third-order valence-electron chi connectivity index (χ3n) is 9.00. The molecule has 6 rings (SSSR count). The molecule has 3 aromatic rings. The standard InChI is InChI=1S/C31H36ClF4N5O2/c32-22-5-8-25(21-3-6-23(7-4-21)39-12-10-38(11-13-39)18-20-15-31(35,36)16-20)27(14-22)40-9-1-2-24(19-40)41-28(29(33)34)26(17-37-41)30(42)43/h3-8,14,17,20,24,29-30,42-43H,1-2,9-13,15-16,18-19H2. The molecule has 1 aliphatic carbocycles. The van der Waals surface area contributed by atoms with Crippen molar-refractivity contribution in [2.75, 3.05) is 55.6 Å². The van der Waals surface area contributed by atoms with E-state index in [-0.39, 0.29) is 30.4 Å². The van der Waals surface area contributed by atoms with E-state index in [1.807, 2.05) is 18.2 Å². The van der Waals surface area contributed by atoms with Crippen LogP contribution in [-0.4, -0.2) is 76.6 Å². The second kappa shape index (κ2) is 12.3. The normalized spacial score (nSPS) is 21.6. The highest BCUT2D eigenvalue weighted by Gasteiger charge is 2.45. The Balaban J connectivity index is 1.15. The smallest absolute Gasteiger partial charge is 0.280 e. The molecule has 1 unspecified atom stereocenters. The number of hydrogen-bond donors (Lipinski definition) is 2. The van der Waals surface area contributed by atoms with Crippen LogP contribution in [0.2, 0.25) is 5.02 Å². The molecule has 12 heteroatoms. The first-order valence-electron chi connectivity index (χ1n) is 14.8. The quantitative estimate of drug-likeness (QED) is 0.233. The van der Waals surface area contributed by atoms with Gasteiger partial charge in [-0.2, -0.15) is 5.10 Å². The maximum Gasteiger partial charge on any atom is 0.280 e. The van der Waals surface area contributed by atoms with Crippen LogP contribution >= 0.6 is 11.6 Å². The van der Waals surface area contributed by atoms with Crippen molar-refractivity contribution in [1.29, 1.82) is 0 Å². The van der Waals surface area contributed by atoms with Crippen molar-refractivity contribution in [3.8, 4) is 11.1 Å². The Morgan fingerprint density at radius 1 is 0.953 bits per heavy atom. The van der Waals surface area contributed by atoms with E-state index >= 15 is 0 Å². The average molecular weight is 622 g/mol. The zero-order chi connectivity index (χ0) is 30.3. The van der Waals surface area contributed by atoms with Crippen molar-refractivity contribution in [1.82, 2.24) is 14.7 Å².